The lowest BCUT2D eigenvalue weighted by molar-refractivity contribution is 0.0330. The third-order valence-electron chi connectivity index (χ3n) is 6.40. The molecule has 5 rings (SSSR count). The highest BCUT2D eigenvalue weighted by atomic mass is 16.5. The molecule has 1 fully saturated rings. The monoisotopic (exact) mass is 494 g/mol. The van der Waals surface area contributed by atoms with Gasteiger partial charge in [0.2, 0.25) is 11.2 Å². The second-order valence-electron chi connectivity index (χ2n) is 8.83. The van der Waals surface area contributed by atoms with Crippen LogP contribution in [0.2, 0.25) is 0 Å². The van der Waals surface area contributed by atoms with Crippen molar-refractivity contribution in [2.24, 2.45) is 0 Å². The Kier molecular flexibility index (Phi) is 7.50. The van der Waals surface area contributed by atoms with Crippen molar-refractivity contribution < 1.29 is 28.2 Å². The summed E-state index contributed by atoms with van der Waals surface area (Å²) < 4.78 is 28.0. The fraction of sp³-hybridized carbons (Fsp3) is 0.407. The number of esters is 1. The summed E-state index contributed by atoms with van der Waals surface area (Å²) in [5.74, 6) is 0.822. The molecule has 2 aliphatic rings. The van der Waals surface area contributed by atoms with Crippen LogP contribution in [0.1, 0.15) is 29.3 Å². The molecule has 3 heterocycles. The van der Waals surface area contributed by atoms with Crippen molar-refractivity contribution in [3.8, 4) is 17.2 Å². The number of hydrogen-bond acceptors (Lipinski definition) is 9. The van der Waals surface area contributed by atoms with Crippen LogP contribution in [-0.2, 0) is 16.0 Å². The molecule has 0 N–H and O–H groups in total. The molecule has 0 aliphatic carbocycles. The Morgan fingerprint density at radius 2 is 1.81 bits per heavy atom. The minimum atomic E-state index is -0.406. The molecule has 2 aliphatic heterocycles. The van der Waals surface area contributed by atoms with Gasteiger partial charge in [-0.15, -0.1) is 0 Å². The van der Waals surface area contributed by atoms with Crippen LogP contribution >= 0.6 is 0 Å². The van der Waals surface area contributed by atoms with Crippen LogP contribution in [0.5, 0.6) is 17.2 Å². The lowest BCUT2D eigenvalue weighted by Crippen LogP contribution is -2.39. The third kappa shape index (κ3) is 5.38. The molecule has 0 amide bonds. The molecule has 0 saturated carbocycles. The van der Waals surface area contributed by atoms with E-state index in [4.69, 9.17) is 23.4 Å². The summed E-state index contributed by atoms with van der Waals surface area (Å²) in [5.41, 5.74) is 1.53. The minimum Gasteiger partial charge on any atom is -0.478 e. The number of benzene rings is 2. The quantitative estimate of drug-likeness (QED) is 0.435. The van der Waals surface area contributed by atoms with Crippen LogP contribution in [0.4, 0.5) is 0 Å². The molecule has 0 bridgehead atoms. The van der Waals surface area contributed by atoms with Gasteiger partial charge in [-0.25, -0.2) is 4.79 Å². The summed E-state index contributed by atoms with van der Waals surface area (Å²) in [6.45, 7) is 8.69. The first-order valence-corrected chi connectivity index (χ1v) is 12.3. The van der Waals surface area contributed by atoms with E-state index in [1.54, 1.807) is 37.3 Å². The van der Waals surface area contributed by atoms with Crippen molar-refractivity contribution in [2.75, 3.05) is 52.7 Å². The molecule has 0 radical (unpaired) electrons. The smallest absolute Gasteiger partial charge is 0.338 e. The van der Waals surface area contributed by atoms with Gasteiger partial charge in [-0.05, 0) is 56.3 Å². The number of carbonyl (C=O) groups is 1. The maximum absolute atomic E-state index is 13.2. The Hall–Kier alpha value is -3.40. The number of hydrogen-bond donors (Lipinski definition) is 0. The Morgan fingerprint density at radius 3 is 2.58 bits per heavy atom. The van der Waals surface area contributed by atoms with Crippen molar-refractivity contribution in [1.82, 2.24) is 9.80 Å². The molecular formula is C27H30N2O7. The largest absolute Gasteiger partial charge is 0.478 e. The standard InChI is InChI=1S/C27H30N2O7/c1-2-33-27(31)19-4-6-20(7-5-19)36-24-17-34-26-21(25(24)30)8-9-23-22(26)16-29(18-35-23)11-3-10-28-12-14-32-15-13-28/h4-9,17H,2-3,10-16,18H2,1H3. The highest BCUT2D eigenvalue weighted by Crippen LogP contribution is 2.32. The molecule has 1 aromatic heterocycles. The lowest BCUT2D eigenvalue weighted by Gasteiger charge is -2.31. The van der Waals surface area contributed by atoms with E-state index in [-0.39, 0.29) is 11.2 Å². The van der Waals surface area contributed by atoms with E-state index in [2.05, 4.69) is 9.80 Å². The third-order valence-corrected chi connectivity index (χ3v) is 6.40. The Labute approximate surface area is 209 Å². The van der Waals surface area contributed by atoms with Crippen LogP contribution in [0.15, 0.2) is 51.9 Å². The van der Waals surface area contributed by atoms with Crippen LogP contribution in [0.25, 0.3) is 11.0 Å². The predicted octanol–water partition coefficient (Wildman–Crippen LogP) is 3.64. The van der Waals surface area contributed by atoms with Gasteiger partial charge in [0.15, 0.2) is 0 Å². The maximum Gasteiger partial charge on any atom is 0.338 e. The number of morpholine rings is 1. The number of carbonyl (C=O) groups excluding carboxylic acids is 1. The normalized spacial score (nSPS) is 16.4. The Morgan fingerprint density at radius 1 is 1.03 bits per heavy atom. The average molecular weight is 495 g/mol. The molecule has 2 aromatic carbocycles. The summed E-state index contributed by atoms with van der Waals surface area (Å²) in [7, 11) is 0. The zero-order chi connectivity index (χ0) is 24.9. The van der Waals surface area contributed by atoms with Crippen molar-refractivity contribution in [2.45, 2.75) is 19.9 Å². The van der Waals surface area contributed by atoms with Gasteiger partial charge >= 0.3 is 5.97 Å². The SMILES string of the molecule is CCOC(=O)c1ccc(Oc2coc3c4c(ccc3c2=O)OCN(CCCN2CCOCC2)C4)cc1. The summed E-state index contributed by atoms with van der Waals surface area (Å²) in [4.78, 5) is 29.7. The highest BCUT2D eigenvalue weighted by molar-refractivity contribution is 5.89. The number of nitrogens with zero attached hydrogens (tertiary/aromatic N) is 2. The van der Waals surface area contributed by atoms with Gasteiger partial charge in [-0.2, -0.15) is 0 Å². The second kappa shape index (κ2) is 11.1. The molecule has 3 aromatic rings. The molecule has 9 heteroatoms. The minimum absolute atomic E-state index is 0.0745. The van der Waals surface area contributed by atoms with Gasteiger partial charge in [-0.1, -0.05) is 0 Å². The van der Waals surface area contributed by atoms with Crippen molar-refractivity contribution in [1.29, 1.82) is 0 Å². The first-order valence-electron chi connectivity index (χ1n) is 12.3. The molecule has 0 atom stereocenters. The maximum atomic E-state index is 13.2. The van der Waals surface area contributed by atoms with Crippen LogP contribution < -0.4 is 14.9 Å². The molecule has 1 saturated heterocycles. The Balaban J connectivity index is 1.28. The first kappa shape index (κ1) is 24.3. The first-order chi connectivity index (χ1) is 17.6. The molecule has 36 heavy (non-hydrogen) atoms. The zero-order valence-electron chi connectivity index (χ0n) is 20.4. The van der Waals surface area contributed by atoms with E-state index in [0.717, 1.165) is 57.1 Å². The summed E-state index contributed by atoms with van der Waals surface area (Å²) in [6.07, 6.45) is 2.36. The van der Waals surface area contributed by atoms with Gasteiger partial charge in [-0.3, -0.25) is 14.6 Å². The fourth-order valence-electron chi connectivity index (χ4n) is 4.49. The molecule has 0 unspecified atom stereocenters. The van der Waals surface area contributed by atoms with E-state index < -0.39 is 5.97 Å². The van der Waals surface area contributed by atoms with Gasteiger partial charge in [0.1, 0.15) is 30.1 Å². The van der Waals surface area contributed by atoms with Gasteiger partial charge in [0.25, 0.3) is 0 Å². The topological polar surface area (TPSA) is 90.7 Å². The summed E-state index contributed by atoms with van der Waals surface area (Å²) in [6, 6.07) is 9.95. The molecule has 9 nitrogen and oxygen atoms in total. The van der Waals surface area contributed by atoms with E-state index in [1.165, 1.54) is 6.26 Å². The van der Waals surface area contributed by atoms with Crippen LogP contribution in [-0.4, -0.2) is 68.5 Å². The number of ether oxygens (including phenoxy) is 4. The number of fused-ring (bicyclic) bond motifs is 3. The zero-order valence-corrected chi connectivity index (χ0v) is 20.4. The molecule has 0 spiro atoms. The fourth-order valence-corrected chi connectivity index (χ4v) is 4.49. The van der Waals surface area contributed by atoms with E-state index in [0.29, 0.717) is 42.2 Å². The van der Waals surface area contributed by atoms with Crippen LogP contribution in [0.3, 0.4) is 0 Å². The second-order valence-corrected chi connectivity index (χ2v) is 8.83. The van der Waals surface area contributed by atoms with Gasteiger partial charge < -0.3 is 23.4 Å². The highest BCUT2D eigenvalue weighted by Gasteiger charge is 2.23. The number of rotatable bonds is 8. The lowest BCUT2D eigenvalue weighted by atomic mass is 10.1. The van der Waals surface area contributed by atoms with E-state index >= 15 is 0 Å². The van der Waals surface area contributed by atoms with E-state index in [9.17, 15) is 9.59 Å². The molecule has 190 valence electrons. The Bertz CT molecular complexity index is 1270. The van der Waals surface area contributed by atoms with Crippen molar-refractivity contribution in [3.05, 3.63) is 64.0 Å². The summed E-state index contributed by atoms with van der Waals surface area (Å²) in [5, 5.41) is 0.438. The van der Waals surface area contributed by atoms with Gasteiger partial charge in [0, 0.05) is 26.2 Å². The molecular weight excluding hydrogens is 464 g/mol. The van der Waals surface area contributed by atoms with E-state index in [1.807, 2.05) is 6.07 Å². The predicted molar refractivity (Wildman–Crippen MR) is 133 cm³/mol. The van der Waals surface area contributed by atoms with Gasteiger partial charge in [0.05, 0.1) is 36.3 Å². The van der Waals surface area contributed by atoms with Crippen molar-refractivity contribution in [3.63, 3.8) is 0 Å². The van der Waals surface area contributed by atoms with Crippen molar-refractivity contribution >= 4 is 16.9 Å². The summed E-state index contributed by atoms with van der Waals surface area (Å²) >= 11 is 0. The average Bonchev–Trinajstić information content (AvgIpc) is 2.91. The van der Waals surface area contributed by atoms with Crippen LogP contribution in [0, 0.1) is 0 Å².